The molecule has 2 heterocycles. The van der Waals surface area contributed by atoms with Gasteiger partial charge in [-0.25, -0.2) is 0 Å². The molecule has 0 radical (unpaired) electrons. The topological polar surface area (TPSA) is 45.5 Å². The molecular weight excluding hydrogens is 204 g/mol. The summed E-state index contributed by atoms with van der Waals surface area (Å²) < 4.78 is 2.04. The van der Waals surface area contributed by atoms with Crippen LogP contribution in [0.2, 0.25) is 0 Å². The van der Waals surface area contributed by atoms with Crippen LogP contribution in [0.1, 0.15) is 18.4 Å². The summed E-state index contributed by atoms with van der Waals surface area (Å²) in [7, 11) is 2.01. The lowest BCUT2D eigenvalue weighted by atomic mass is 9.97. The minimum atomic E-state index is -0.639. The standard InChI is InChI=1S/C12H18N2O2/c1-13-5-2-10(8-13)9-14-6-3-11(4-7-14)12(15)16/h2,5,8,11H,3-4,6-7,9H2,1H3,(H,15,16). The van der Waals surface area contributed by atoms with Crippen molar-refractivity contribution in [2.75, 3.05) is 13.1 Å². The molecule has 0 spiro atoms. The zero-order chi connectivity index (χ0) is 11.5. The van der Waals surface area contributed by atoms with Gasteiger partial charge < -0.3 is 9.67 Å². The normalized spacial score (nSPS) is 18.8. The smallest absolute Gasteiger partial charge is 0.306 e. The van der Waals surface area contributed by atoms with Crippen LogP contribution in [0.5, 0.6) is 0 Å². The minimum absolute atomic E-state index is 0.132. The van der Waals surface area contributed by atoms with Gasteiger partial charge in [0.05, 0.1) is 5.92 Å². The van der Waals surface area contributed by atoms with Crippen LogP contribution in [0, 0.1) is 5.92 Å². The lowest BCUT2D eigenvalue weighted by Crippen LogP contribution is -2.35. The van der Waals surface area contributed by atoms with E-state index < -0.39 is 5.97 Å². The molecule has 0 aliphatic carbocycles. The van der Waals surface area contributed by atoms with Crippen molar-refractivity contribution in [2.45, 2.75) is 19.4 Å². The van der Waals surface area contributed by atoms with Gasteiger partial charge >= 0.3 is 5.97 Å². The van der Waals surface area contributed by atoms with Crippen LogP contribution in [0.25, 0.3) is 0 Å². The molecule has 1 fully saturated rings. The molecule has 0 amide bonds. The zero-order valence-corrected chi connectivity index (χ0v) is 9.59. The van der Waals surface area contributed by atoms with Gasteiger partial charge in [-0.3, -0.25) is 9.69 Å². The molecule has 2 rings (SSSR count). The van der Waals surface area contributed by atoms with E-state index in [1.165, 1.54) is 5.56 Å². The van der Waals surface area contributed by atoms with Crippen LogP contribution in [0.15, 0.2) is 18.5 Å². The molecule has 88 valence electrons. The van der Waals surface area contributed by atoms with Gasteiger partial charge in [-0.2, -0.15) is 0 Å². The molecule has 1 aliphatic heterocycles. The van der Waals surface area contributed by atoms with Gasteiger partial charge in [0.1, 0.15) is 0 Å². The second kappa shape index (κ2) is 4.70. The van der Waals surface area contributed by atoms with Crippen LogP contribution in [0.3, 0.4) is 0 Å². The van der Waals surface area contributed by atoms with Crippen LogP contribution in [-0.4, -0.2) is 33.6 Å². The number of rotatable bonds is 3. The molecule has 0 bridgehead atoms. The predicted molar refractivity (Wildman–Crippen MR) is 61.0 cm³/mol. The van der Waals surface area contributed by atoms with Crippen molar-refractivity contribution in [1.82, 2.24) is 9.47 Å². The van der Waals surface area contributed by atoms with Crippen molar-refractivity contribution in [2.24, 2.45) is 13.0 Å². The third-order valence-corrected chi connectivity index (χ3v) is 3.24. The number of carboxylic acids is 1. The maximum absolute atomic E-state index is 10.8. The van der Waals surface area contributed by atoms with Gasteiger partial charge in [-0.05, 0) is 37.6 Å². The Kier molecular flexibility index (Phi) is 3.29. The Bertz CT molecular complexity index is 365. The van der Waals surface area contributed by atoms with E-state index in [1.54, 1.807) is 0 Å². The number of hydrogen-bond donors (Lipinski definition) is 1. The average Bonchev–Trinajstić information content (AvgIpc) is 2.65. The van der Waals surface area contributed by atoms with Crippen molar-refractivity contribution in [1.29, 1.82) is 0 Å². The SMILES string of the molecule is Cn1ccc(CN2CCC(C(=O)O)CC2)c1. The maximum atomic E-state index is 10.8. The summed E-state index contributed by atoms with van der Waals surface area (Å²) in [5, 5.41) is 8.90. The monoisotopic (exact) mass is 222 g/mol. The first-order valence-corrected chi connectivity index (χ1v) is 5.71. The number of nitrogens with zero attached hydrogens (tertiary/aromatic N) is 2. The summed E-state index contributed by atoms with van der Waals surface area (Å²) in [4.78, 5) is 13.1. The Morgan fingerprint density at radius 1 is 1.50 bits per heavy atom. The number of aliphatic carboxylic acids is 1. The molecule has 16 heavy (non-hydrogen) atoms. The highest BCUT2D eigenvalue weighted by atomic mass is 16.4. The van der Waals surface area contributed by atoms with Gasteiger partial charge in [0, 0.05) is 26.0 Å². The fourth-order valence-corrected chi connectivity index (χ4v) is 2.25. The van der Waals surface area contributed by atoms with Crippen molar-refractivity contribution in [3.63, 3.8) is 0 Å². The number of likely N-dealkylation sites (tertiary alicyclic amines) is 1. The Morgan fingerprint density at radius 2 is 2.19 bits per heavy atom. The second-order valence-corrected chi connectivity index (χ2v) is 4.57. The van der Waals surface area contributed by atoms with Gasteiger partial charge in [-0.15, -0.1) is 0 Å². The number of hydrogen-bond acceptors (Lipinski definition) is 2. The number of aromatic nitrogens is 1. The molecule has 1 aromatic heterocycles. The quantitative estimate of drug-likeness (QED) is 0.839. The highest BCUT2D eigenvalue weighted by Crippen LogP contribution is 2.19. The van der Waals surface area contributed by atoms with Gasteiger partial charge in [0.25, 0.3) is 0 Å². The molecule has 0 aromatic carbocycles. The van der Waals surface area contributed by atoms with Crippen LogP contribution in [0.4, 0.5) is 0 Å². The third kappa shape index (κ3) is 2.64. The van der Waals surface area contributed by atoms with Crippen molar-refractivity contribution < 1.29 is 9.90 Å². The van der Waals surface area contributed by atoms with Crippen LogP contribution in [-0.2, 0) is 18.4 Å². The lowest BCUT2D eigenvalue weighted by Gasteiger charge is -2.29. The molecule has 4 nitrogen and oxygen atoms in total. The molecule has 1 N–H and O–H groups in total. The number of carboxylic acid groups (broad SMARTS) is 1. The van der Waals surface area contributed by atoms with Crippen LogP contribution >= 0.6 is 0 Å². The fraction of sp³-hybridized carbons (Fsp3) is 0.583. The van der Waals surface area contributed by atoms with Crippen LogP contribution < -0.4 is 0 Å². The zero-order valence-electron chi connectivity index (χ0n) is 9.59. The maximum Gasteiger partial charge on any atom is 0.306 e. The van der Waals surface area contributed by atoms with E-state index in [2.05, 4.69) is 17.2 Å². The van der Waals surface area contributed by atoms with Gasteiger partial charge in [-0.1, -0.05) is 0 Å². The summed E-state index contributed by atoms with van der Waals surface area (Å²) in [6.07, 6.45) is 5.72. The average molecular weight is 222 g/mol. The number of piperidine rings is 1. The summed E-state index contributed by atoms with van der Waals surface area (Å²) in [5.41, 5.74) is 1.30. The predicted octanol–water partition coefficient (Wildman–Crippen LogP) is 1.32. The van der Waals surface area contributed by atoms with Crippen molar-refractivity contribution >= 4 is 5.97 Å². The van der Waals surface area contributed by atoms with Gasteiger partial charge in [0.2, 0.25) is 0 Å². The van der Waals surface area contributed by atoms with E-state index in [0.29, 0.717) is 0 Å². The highest BCUT2D eigenvalue weighted by Gasteiger charge is 2.24. The summed E-state index contributed by atoms with van der Waals surface area (Å²) in [5.74, 6) is -0.772. The molecule has 0 unspecified atom stereocenters. The van der Waals surface area contributed by atoms with Crippen molar-refractivity contribution in [3.8, 4) is 0 Å². The minimum Gasteiger partial charge on any atom is -0.481 e. The summed E-state index contributed by atoms with van der Waals surface area (Å²) >= 11 is 0. The number of carbonyl (C=O) groups is 1. The fourth-order valence-electron chi connectivity index (χ4n) is 2.25. The van der Waals surface area contributed by atoms with E-state index in [-0.39, 0.29) is 5.92 Å². The lowest BCUT2D eigenvalue weighted by molar-refractivity contribution is -0.143. The number of aryl methyl sites for hydroxylation is 1. The molecule has 0 atom stereocenters. The molecule has 0 saturated carbocycles. The Hall–Kier alpha value is -1.29. The molecular formula is C12H18N2O2. The first kappa shape index (κ1) is 11.2. The molecule has 1 aliphatic rings. The molecule has 1 aromatic rings. The van der Waals surface area contributed by atoms with E-state index >= 15 is 0 Å². The van der Waals surface area contributed by atoms with E-state index in [9.17, 15) is 4.79 Å². The molecule has 1 saturated heterocycles. The van der Waals surface area contributed by atoms with E-state index in [1.807, 2.05) is 17.8 Å². The van der Waals surface area contributed by atoms with E-state index in [0.717, 1.165) is 32.5 Å². The first-order valence-electron chi connectivity index (χ1n) is 5.71. The van der Waals surface area contributed by atoms with E-state index in [4.69, 9.17) is 5.11 Å². The Morgan fingerprint density at radius 3 is 2.69 bits per heavy atom. The highest BCUT2D eigenvalue weighted by molar-refractivity contribution is 5.70. The third-order valence-electron chi connectivity index (χ3n) is 3.24. The Labute approximate surface area is 95.5 Å². The largest absolute Gasteiger partial charge is 0.481 e. The first-order chi connectivity index (χ1) is 7.65. The summed E-state index contributed by atoms with van der Waals surface area (Å²) in [6.45, 7) is 2.73. The Balaban J connectivity index is 1.83. The second-order valence-electron chi connectivity index (χ2n) is 4.57. The van der Waals surface area contributed by atoms with Crippen molar-refractivity contribution in [3.05, 3.63) is 24.0 Å². The molecule has 4 heteroatoms. The van der Waals surface area contributed by atoms with Gasteiger partial charge in [0.15, 0.2) is 0 Å². The summed E-state index contributed by atoms with van der Waals surface area (Å²) in [6, 6.07) is 2.11.